The van der Waals surface area contributed by atoms with Gasteiger partial charge in [-0.2, -0.15) is 0 Å². The Morgan fingerprint density at radius 1 is 1.33 bits per heavy atom. The van der Waals surface area contributed by atoms with Crippen molar-refractivity contribution < 1.29 is 14.3 Å². The molecule has 2 aromatic rings. The number of hydrogen-bond acceptors (Lipinski definition) is 5. The number of hydrogen-bond donors (Lipinski definition) is 2. The maximum absolute atomic E-state index is 9.52. The highest BCUT2D eigenvalue weighted by Crippen LogP contribution is 2.21. The molecule has 0 atom stereocenters. The van der Waals surface area contributed by atoms with Crippen molar-refractivity contribution in [1.29, 1.82) is 0 Å². The van der Waals surface area contributed by atoms with Crippen LogP contribution in [0.3, 0.4) is 0 Å². The second kappa shape index (κ2) is 5.55. The summed E-state index contributed by atoms with van der Waals surface area (Å²) in [7, 11) is 1.57. The van der Waals surface area contributed by atoms with Crippen LogP contribution in [0.5, 0.6) is 11.5 Å². The van der Waals surface area contributed by atoms with E-state index in [1.807, 2.05) is 13.0 Å². The van der Waals surface area contributed by atoms with Gasteiger partial charge in [0.1, 0.15) is 17.3 Å². The Morgan fingerprint density at radius 2 is 2.17 bits per heavy atom. The minimum atomic E-state index is 0.198. The van der Waals surface area contributed by atoms with Crippen LogP contribution < -0.4 is 10.1 Å². The number of aryl methyl sites for hydroxylation is 1. The minimum Gasteiger partial charge on any atom is -0.508 e. The quantitative estimate of drug-likeness (QED) is 0.847. The normalized spacial score (nSPS) is 10.6. The molecule has 0 radical (unpaired) electrons. The molecule has 0 bridgehead atoms. The van der Waals surface area contributed by atoms with E-state index in [0.717, 1.165) is 17.0 Å². The van der Waals surface area contributed by atoms with E-state index < -0.39 is 0 Å². The second-order valence-corrected chi connectivity index (χ2v) is 4.00. The SMILES string of the molecule is COc1cc(O)cc(CNCc2ncoc2C)c1. The molecule has 1 heterocycles. The van der Waals surface area contributed by atoms with Crippen LogP contribution >= 0.6 is 0 Å². The van der Waals surface area contributed by atoms with Gasteiger partial charge in [-0.15, -0.1) is 0 Å². The summed E-state index contributed by atoms with van der Waals surface area (Å²) < 4.78 is 10.2. The molecule has 2 N–H and O–H groups in total. The van der Waals surface area contributed by atoms with E-state index >= 15 is 0 Å². The number of phenolic OH excluding ortho intramolecular Hbond substituents is 1. The van der Waals surface area contributed by atoms with Gasteiger partial charge in [-0.05, 0) is 24.6 Å². The van der Waals surface area contributed by atoms with Crippen LogP contribution in [0, 0.1) is 6.92 Å². The van der Waals surface area contributed by atoms with Gasteiger partial charge in [0.2, 0.25) is 0 Å². The number of methoxy groups -OCH3 is 1. The Kier molecular flexibility index (Phi) is 3.84. The number of phenols is 1. The van der Waals surface area contributed by atoms with Crippen molar-refractivity contribution >= 4 is 0 Å². The Bertz CT molecular complexity index is 523. The van der Waals surface area contributed by atoms with E-state index in [1.165, 1.54) is 6.39 Å². The minimum absolute atomic E-state index is 0.198. The van der Waals surface area contributed by atoms with E-state index in [0.29, 0.717) is 18.8 Å². The first-order chi connectivity index (χ1) is 8.69. The van der Waals surface area contributed by atoms with Crippen LogP contribution in [0.4, 0.5) is 0 Å². The molecule has 1 aromatic heterocycles. The summed E-state index contributed by atoms with van der Waals surface area (Å²) in [6.07, 6.45) is 1.43. The number of rotatable bonds is 5. The fourth-order valence-electron chi connectivity index (χ4n) is 1.69. The first kappa shape index (κ1) is 12.4. The molecule has 0 unspecified atom stereocenters. The zero-order valence-corrected chi connectivity index (χ0v) is 10.4. The highest BCUT2D eigenvalue weighted by atomic mass is 16.5. The summed E-state index contributed by atoms with van der Waals surface area (Å²) in [6, 6.07) is 5.15. The van der Waals surface area contributed by atoms with E-state index in [9.17, 15) is 5.11 Å². The van der Waals surface area contributed by atoms with E-state index in [-0.39, 0.29) is 5.75 Å². The maximum Gasteiger partial charge on any atom is 0.181 e. The average molecular weight is 248 g/mol. The fourth-order valence-corrected chi connectivity index (χ4v) is 1.69. The van der Waals surface area contributed by atoms with E-state index in [1.54, 1.807) is 19.2 Å². The number of oxazole rings is 1. The summed E-state index contributed by atoms with van der Waals surface area (Å²) in [5.74, 6) is 1.66. The molecular weight excluding hydrogens is 232 g/mol. The summed E-state index contributed by atoms with van der Waals surface area (Å²) >= 11 is 0. The molecule has 0 aliphatic carbocycles. The summed E-state index contributed by atoms with van der Waals surface area (Å²) in [6.45, 7) is 3.12. The number of benzene rings is 1. The van der Waals surface area contributed by atoms with Crippen molar-refractivity contribution in [2.24, 2.45) is 0 Å². The topological polar surface area (TPSA) is 67.5 Å². The molecule has 0 amide bonds. The van der Waals surface area contributed by atoms with Crippen molar-refractivity contribution in [2.45, 2.75) is 20.0 Å². The third-order valence-corrected chi connectivity index (χ3v) is 2.65. The van der Waals surface area contributed by atoms with Gasteiger partial charge in [-0.3, -0.25) is 0 Å². The lowest BCUT2D eigenvalue weighted by Gasteiger charge is -2.07. The van der Waals surface area contributed by atoms with Crippen molar-refractivity contribution in [3.63, 3.8) is 0 Å². The maximum atomic E-state index is 9.52. The number of aromatic hydroxyl groups is 1. The number of nitrogens with zero attached hydrogens (tertiary/aromatic N) is 1. The Balaban J connectivity index is 1.94. The van der Waals surface area contributed by atoms with Crippen LogP contribution in [0.2, 0.25) is 0 Å². The molecule has 0 aliphatic heterocycles. The van der Waals surface area contributed by atoms with E-state index in [2.05, 4.69) is 10.3 Å². The Hall–Kier alpha value is -2.01. The molecule has 0 spiro atoms. The van der Waals surface area contributed by atoms with Gasteiger partial charge in [0.25, 0.3) is 0 Å². The van der Waals surface area contributed by atoms with E-state index in [4.69, 9.17) is 9.15 Å². The van der Waals surface area contributed by atoms with Gasteiger partial charge in [0.05, 0.1) is 12.8 Å². The van der Waals surface area contributed by atoms with Crippen LogP contribution in [-0.2, 0) is 13.1 Å². The van der Waals surface area contributed by atoms with Crippen molar-refractivity contribution in [2.75, 3.05) is 7.11 Å². The predicted molar refractivity (Wildman–Crippen MR) is 66.4 cm³/mol. The van der Waals surface area contributed by atoms with Gasteiger partial charge in [-0.1, -0.05) is 0 Å². The third kappa shape index (κ3) is 3.01. The molecule has 1 aromatic carbocycles. The molecule has 96 valence electrons. The summed E-state index contributed by atoms with van der Waals surface area (Å²) in [5, 5.41) is 12.8. The smallest absolute Gasteiger partial charge is 0.181 e. The largest absolute Gasteiger partial charge is 0.508 e. The predicted octanol–water partition coefficient (Wildman–Crippen LogP) is 1.99. The van der Waals surface area contributed by atoms with Crippen molar-refractivity contribution in [3.8, 4) is 11.5 Å². The number of ether oxygens (including phenoxy) is 1. The van der Waals surface area contributed by atoms with Crippen LogP contribution in [0.15, 0.2) is 29.0 Å². The van der Waals surface area contributed by atoms with Gasteiger partial charge >= 0.3 is 0 Å². The number of aromatic nitrogens is 1. The third-order valence-electron chi connectivity index (χ3n) is 2.65. The van der Waals surface area contributed by atoms with Gasteiger partial charge in [-0.25, -0.2) is 4.98 Å². The molecule has 0 saturated heterocycles. The zero-order chi connectivity index (χ0) is 13.0. The second-order valence-electron chi connectivity index (χ2n) is 4.00. The lowest BCUT2D eigenvalue weighted by molar-refractivity contribution is 0.406. The zero-order valence-electron chi connectivity index (χ0n) is 10.4. The molecule has 0 saturated carbocycles. The standard InChI is InChI=1S/C13H16N2O3/c1-9-13(15-8-18-9)7-14-6-10-3-11(16)5-12(4-10)17-2/h3-5,8,14,16H,6-7H2,1-2H3. The Labute approximate surface area is 105 Å². The monoisotopic (exact) mass is 248 g/mol. The summed E-state index contributed by atoms with van der Waals surface area (Å²) in [4.78, 5) is 4.09. The highest BCUT2D eigenvalue weighted by Gasteiger charge is 2.04. The lowest BCUT2D eigenvalue weighted by Crippen LogP contribution is -2.13. The molecule has 0 aliphatic rings. The van der Waals surface area contributed by atoms with Crippen molar-refractivity contribution in [1.82, 2.24) is 10.3 Å². The molecule has 5 nitrogen and oxygen atoms in total. The highest BCUT2D eigenvalue weighted by molar-refractivity contribution is 5.37. The fraction of sp³-hybridized carbons (Fsp3) is 0.308. The van der Waals surface area contributed by atoms with Gasteiger partial charge in [0, 0.05) is 19.2 Å². The number of nitrogens with one attached hydrogen (secondary N) is 1. The summed E-state index contributed by atoms with van der Waals surface area (Å²) in [5.41, 5.74) is 1.84. The lowest BCUT2D eigenvalue weighted by atomic mass is 10.2. The molecule has 2 rings (SSSR count). The van der Waals surface area contributed by atoms with Crippen LogP contribution in [0.25, 0.3) is 0 Å². The van der Waals surface area contributed by atoms with Gasteiger partial charge in [0.15, 0.2) is 6.39 Å². The van der Waals surface area contributed by atoms with Gasteiger partial charge < -0.3 is 19.6 Å². The molecule has 18 heavy (non-hydrogen) atoms. The molecule has 5 heteroatoms. The van der Waals surface area contributed by atoms with Crippen LogP contribution in [-0.4, -0.2) is 17.2 Å². The molecule has 0 fully saturated rings. The first-order valence-corrected chi connectivity index (χ1v) is 5.65. The molecular formula is C13H16N2O3. The Morgan fingerprint density at radius 3 is 2.83 bits per heavy atom. The average Bonchev–Trinajstić information content (AvgIpc) is 2.74. The first-order valence-electron chi connectivity index (χ1n) is 5.65. The van der Waals surface area contributed by atoms with Crippen molar-refractivity contribution in [3.05, 3.63) is 41.6 Å². The van der Waals surface area contributed by atoms with Crippen LogP contribution in [0.1, 0.15) is 17.0 Å².